The van der Waals surface area contributed by atoms with E-state index in [1.165, 1.54) is 18.3 Å². The molecule has 0 saturated carbocycles. The second kappa shape index (κ2) is 4.31. The van der Waals surface area contributed by atoms with Gasteiger partial charge in [-0.05, 0) is 11.6 Å². The highest BCUT2D eigenvalue weighted by Crippen LogP contribution is 2.32. The Hall–Kier alpha value is -1.56. The van der Waals surface area contributed by atoms with Crippen LogP contribution in [0.5, 0.6) is 0 Å². The molecule has 3 nitrogen and oxygen atoms in total. The Bertz CT molecular complexity index is 371. The van der Waals surface area contributed by atoms with Gasteiger partial charge in [0.25, 0.3) is 0 Å². The fourth-order valence-electron chi connectivity index (χ4n) is 1.01. The standard InChI is InChI=1S/C9H10F3N3/c10-9(11,12)7-4-6(2-1-3-13)5-15-8(7)14/h1-2,4-5H,3,13H2,(H2,14,15). The predicted molar refractivity (Wildman–Crippen MR) is 51.7 cm³/mol. The first-order valence-electron chi connectivity index (χ1n) is 4.14. The first kappa shape index (κ1) is 11.5. The molecule has 0 unspecified atom stereocenters. The Balaban J connectivity index is 3.11. The van der Waals surface area contributed by atoms with Gasteiger partial charge in [0.2, 0.25) is 0 Å². The van der Waals surface area contributed by atoms with E-state index >= 15 is 0 Å². The molecule has 0 fully saturated rings. The first-order chi connectivity index (χ1) is 6.95. The molecule has 0 radical (unpaired) electrons. The van der Waals surface area contributed by atoms with Crippen LogP contribution in [0.1, 0.15) is 11.1 Å². The summed E-state index contributed by atoms with van der Waals surface area (Å²) in [7, 11) is 0. The zero-order valence-electron chi connectivity index (χ0n) is 7.75. The van der Waals surface area contributed by atoms with Crippen LogP contribution in [0.2, 0.25) is 0 Å². The summed E-state index contributed by atoms with van der Waals surface area (Å²) in [6.45, 7) is 0.256. The van der Waals surface area contributed by atoms with Crippen LogP contribution < -0.4 is 11.5 Å². The fourth-order valence-corrected chi connectivity index (χ4v) is 1.01. The highest BCUT2D eigenvalue weighted by molar-refractivity contribution is 5.54. The maximum Gasteiger partial charge on any atom is 0.419 e. The molecule has 82 valence electrons. The molecular formula is C9H10F3N3. The number of halogens is 3. The molecule has 0 aliphatic rings. The molecule has 0 atom stereocenters. The van der Waals surface area contributed by atoms with Crippen molar-refractivity contribution in [3.63, 3.8) is 0 Å². The molecule has 1 aromatic rings. The van der Waals surface area contributed by atoms with Crippen molar-refractivity contribution in [2.45, 2.75) is 6.18 Å². The van der Waals surface area contributed by atoms with Crippen molar-refractivity contribution in [3.8, 4) is 0 Å². The van der Waals surface area contributed by atoms with Crippen LogP contribution in [0.25, 0.3) is 6.08 Å². The van der Waals surface area contributed by atoms with Crippen LogP contribution in [0.15, 0.2) is 18.3 Å². The number of alkyl halides is 3. The van der Waals surface area contributed by atoms with E-state index in [4.69, 9.17) is 11.5 Å². The third-order valence-electron chi connectivity index (χ3n) is 1.69. The Morgan fingerprint density at radius 2 is 2.07 bits per heavy atom. The van der Waals surface area contributed by atoms with Crippen LogP contribution >= 0.6 is 0 Å². The van der Waals surface area contributed by atoms with E-state index in [9.17, 15) is 13.2 Å². The molecular weight excluding hydrogens is 207 g/mol. The molecule has 0 aromatic carbocycles. The molecule has 0 spiro atoms. The van der Waals surface area contributed by atoms with Crippen molar-refractivity contribution in [1.82, 2.24) is 4.98 Å². The predicted octanol–water partition coefficient (Wildman–Crippen LogP) is 1.65. The van der Waals surface area contributed by atoms with Gasteiger partial charge in [-0.15, -0.1) is 0 Å². The van der Waals surface area contributed by atoms with Crippen LogP contribution in [-0.4, -0.2) is 11.5 Å². The Labute approximate surface area is 84.6 Å². The van der Waals surface area contributed by atoms with Gasteiger partial charge in [-0.2, -0.15) is 13.2 Å². The van der Waals surface area contributed by atoms with Gasteiger partial charge in [0.05, 0.1) is 5.56 Å². The highest BCUT2D eigenvalue weighted by Gasteiger charge is 2.33. The number of rotatable bonds is 2. The summed E-state index contributed by atoms with van der Waals surface area (Å²) in [6, 6.07) is 0.939. The summed E-state index contributed by atoms with van der Waals surface area (Å²) in [5.41, 5.74) is 9.69. The summed E-state index contributed by atoms with van der Waals surface area (Å²) >= 11 is 0. The normalized spacial score (nSPS) is 12.3. The molecule has 6 heteroatoms. The molecule has 0 aliphatic carbocycles. The maximum atomic E-state index is 12.4. The highest BCUT2D eigenvalue weighted by atomic mass is 19.4. The molecule has 1 heterocycles. The Kier molecular flexibility index (Phi) is 3.31. The molecule has 1 rings (SSSR count). The van der Waals surface area contributed by atoms with Gasteiger partial charge < -0.3 is 11.5 Å². The molecule has 0 aliphatic heterocycles. The lowest BCUT2D eigenvalue weighted by atomic mass is 10.1. The number of aromatic nitrogens is 1. The molecule has 1 aromatic heterocycles. The first-order valence-corrected chi connectivity index (χ1v) is 4.14. The van der Waals surface area contributed by atoms with E-state index in [1.807, 2.05) is 0 Å². The largest absolute Gasteiger partial charge is 0.419 e. The van der Waals surface area contributed by atoms with Gasteiger partial charge in [-0.25, -0.2) is 4.98 Å². The van der Waals surface area contributed by atoms with Gasteiger partial charge in [-0.1, -0.05) is 12.2 Å². The van der Waals surface area contributed by atoms with Gasteiger partial charge >= 0.3 is 6.18 Å². The zero-order valence-corrected chi connectivity index (χ0v) is 7.75. The summed E-state index contributed by atoms with van der Waals surface area (Å²) in [6.07, 6.45) is -0.227. The molecule has 4 N–H and O–H groups in total. The quantitative estimate of drug-likeness (QED) is 0.791. The van der Waals surface area contributed by atoms with E-state index in [0.29, 0.717) is 5.56 Å². The summed E-state index contributed by atoms with van der Waals surface area (Å²) in [4.78, 5) is 3.46. The number of nitrogen functional groups attached to an aromatic ring is 1. The second-order valence-corrected chi connectivity index (χ2v) is 2.84. The molecule has 0 saturated heterocycles. The number of nitrogens with two attached hydrogens (primary N) is 2. The molecule has 15 heavy (non-hydrogen) atoms. The van der Waals surface area contributed by atoms with Gasteiger partial charge in [0.1, 0.15) is 5.82 Å². The maximum absolute atomic E-state index is 12.4. The second-order valence-electron chi connectivity index (χ2n) is 2.84. The SMILES string of the molecule is NCC=Cc1cnc(N)c(C(F)(F)F)c1. The van der Waals surface area contributed by atoms with Crippen molar-refractivity contribution < 1.29 is 13.2 Å². The lowest BCUT2D eigenvalue weighted by Crippen LogP contribution is -2.10. The summed E-state index contributed by atoms with van der Waals surface area (Å²) in [5, 5.41) is 0. The Morgan fingerprint density at radius 1 is 1.40 bits per heavy atom. The third-order valence-corrected chi connectivity index (χ3v) is 1.69. The lowest BCUT2D eigenvalue weighted by molar-refractivity contribution is -0.137. The Morgan fingerprint density at radius 3 is 2.60 bits per heavy atom. The summed E-state index contributed by atoms with van der Waals surface area (Å²) < 4.78 is 37.1. The summed E-state index contributed by atoms with van der Waals surface area (Å²) in [5.74, 6) is -0.521. The molecule has 0 amide bonds. The van der Waals surface area contributed by atoms with E-state index in [2.05, 4.69) is 4.98 Å². The van der Waals surface area contributed by atoms with E-state index in [1.54, 1.807) is 0 Å². The monoisotopic (exact) mass is 217 g/mol. The van der Waals surface area contributed by atoms with Crippen LogP contribution in [-0.2, 0) is 6.18 Å². The number of hydrogen-bond acceptors (Lipinski definition) is 3. The van der Waals surface area contributed by atoms with E-state index < -0.39 is 17.6 Å². The van der Waals surface area contributed by atoms with Gasteiger partial charge in [0.15, 0.2) is 0 Å². The van der Waals surface area contributed by atoms with Crippen molar-refractivity contribution in [3.05, 3.63) is 29.5 Å². The van der Waals surface area contributed by atoms with Gasteiger partial charge in [-0.3, -0.25) is 0 Å². The van der Waals surface area contributed by atoms with Crippen LogP contribution in [0.3, 0.4) is 0 Å². The zero-order chi connectivity index (χ0) is 11.5. The lowest BCUT2D eigenvalue weighted by Gasteiger charge is -2.09. The molecule has 0 bridgehead atoms. The number of hydrogen-bond donors (Lipinski definition) is 2. The van der Waals surface area contributed by atoms with E-state index in [-0.39, 0.29) is 6.54 Å². The number of pyridine rings is 1. The van der Waals surface area contributed by atoms with Crippen molar-refractivity contribution in [2.75, 3.05) is 12.3 Å². The van der Waals surface area contributed by atoms with E-state index in [0.717, 1.165) is 6.07 Å². The van der Waals surface area contributed by atoms with Crippen molar-refractivity contribution >= 4 is 11.9 Å². The minimum atomic E-state index is -4.48. The topological polar surface area (TPSA) is 64.9 Å². The minimum Gasteiger partial charge on any atom is -0.383 e. The average molecular weight is 217 g/mol. The van der Waals surface area contributed by atoms with Crippen molar-refractivity contribution in [1.29, 1.82) is 0 Å². The smallest absolute Gasteiger partial charge is 0.383 e. The fraction of sp³-hybridized carbons (Fsp3) is 0.222. The number of anilines is 1. The third kappa shape index (κ3) is 2.95. The average Bonchev–Trinajstić information content (AvgIpc) is 2.15. The van der Waals surface area contributed by atoms with Crippen LogP contribution in [0.4, 0.5) is 19.0 Å². The van der Waals surface area contributed by atoms with Gasteiger partial charge in [0, 0.05) is 12.7 Å². The van der Waals surface area contributed by atoms with Crippen LogP contribution in [0, 0.1) is 0 Å². The van der Waals surface area contributed by atoms with Crippen molar-refractivity contribution in [2.24, 2.45) is 5.73 Å². The number of nitrogens with zero attached hydrogens (tertiary/aromatic N) is 1. The minimum absolute atomic E-state index is 0.256.